The number of ether oxygens (including phenoxy) is 8. The lowest BCUT2D eigenvalue weighted by Crippen LogP contribution is -2.54. The van der Waals surface area contributed by atoms with E-state index in [4.69, 9.17) is 46.7 Å². The number of carboxylic acids is 1. The van der Waals surface area contributed by atoms with Gasteiger partial charge in [0, 0.05) is 50.3 Å². The SMILES string of the molecule is CC(C)NCC1COC(C)(C)N1C(=O)OC(C)(C)C.CCc1cc(=O)c(OCc2ccccc2)c(C(=O)N(CC2COC(C)(C)N2C(=O)OC(C)(C)C)C(C)C)o1.O=C(O)c1oc(COC2CCCCO2)cc(=O)c1OCc1ccccc1. The minimum atomic E-state index is -1.37. The molecule has 2 N–H and O–H groups in total. The lowest BCUT2D eigenvalue weighted by atomic mass is 10.1. The van der Waals surface area contributed by atoms with Crippen LogP contribution in [0.4, 0.5) is 9.59 Å². The third-order valence-electron chi connectivity index (χ3n) is 13.0. The van der Waals surface area contributed by atoms with Crippen LogP contribution in [0.25, 0.3) is 0 Å². The number of hydrogen-bond acceptors (Lipinski definition) is 17. The maximum absolute atomic E-state index is 13.9. The number of benzene rings is 2. The van der Waals surface area contributed by atoms with Crippen LogP contribution in [-0.2, 0) is 54.7 Å². The van der Waals surface area contributed by atoms with Crippen LogP contribution in [0.3, 0.4) is 0 Å². The smallest absolute Gasteiger partial charge is 0.412 e. The van der Waals surface area contributed by atoms with Crippen LogP contribution in [0, 0.1) is 0 Å². The second kappa shape index (κ2) is 29.6. The van der Waals surface area contributed by atoms with E-state index in [0.29, 0.717) is 38.0 Å². The predicted octanol–water partition coefficient (Wildman–Crippen LogP) is 10.3. The molecule has 0 radical (unpaired) electrons. The fourth-order valence-corrected chi connectivity index (χ4v) is 9.01. The summed E-state index contributed by atoms with van der Waals surface area (Å²) in [5.74, 6) is -2.50. The van der Waals surface area contributed by atoms with Crippen molar-refractivity contribution in [2.45, 2.75) is 202 Å². The van der Waals surface area contributed by atoms with Gasteiger partial charge < -0.3 is 62.1 Å². The minimum absolute atomic E-state index is 0.00671. The number of rotatable bonds is 18. The number of hydrogen-bond donors (Lipinski definition) is 2. The van der Waals surface area contributed by atoms with E-state index in [1.807, 2.05) is 116 Å². The van der Waals surface area contributed by atoms with Gasteiger partial charge in [-0.2, -0.15) is 0 Å². The first kappa shape index (κ1) is 67.0. The van der Waals surface area contributed by atoms with Gasteiger partial charge in [0.15, 0.2) is 6.29 Å². The molecule has 3 aliphatic rings. The molecule has 3 amide bonds. The Morgan fingerprint density at radius 1 is 0.699 bits per heavy atom. The van der Waals surface area contributed by atoms with Crippen LogP contribution < -0.4 is 25.6 Å². The molecule has 3 aliphatic heterocycles. The average Bonchev–Trinajstić information content (AvgIpc) is 4.17. The van der Waals surface area contributed by atoms with Crippen LogP contribution in [0.5, 0.6) is 11.5 Å². The molecule has 5 heterocycles. The number of nitrogens with zero attached hydrogens (tertiary/aromatic N) is 3. The molecule has 0 bridgehead atoms. The molecule has 3 saturated heterocycles. The van der Waals surface area contributed by atoms with Gasteiger partial charge in [-0.05, 0) is 113 Å². The Balaban J connectivity index is 0.000000243. The summed E-state index contributed by atoms with van der Waals surface area (Å²) >= 11 is 0. The number of aromatic carboxylic acids is 1. The Morgan fingerprint density at radius 2 is 1.18 bits per heavy atom. The maximum Gasteiger partial charge on any atom is 0.412 e. The summed E-state index contributed by atoms with van der Waals surface area (Å²) in [4.78, 5) is 80.9. The van der Waals surface area contributed by atoms with Gasteiger partial charge in [-0.25, -0.2) is 14.4 Å². The van der Waals surface area contributed by atoms with Crippen molar-refractivity contribution in [2.24, 2.45) is 0 Å². The highest BCUT2D eigenvalue weighted by molar-refractivity contribution is 5.94. The largest absolute Gasteiger partial charge is 0.481 e. The summed E-state index contributed by atoms with van der Waals surface area (Å²) in [6.45, 7) is 30.5. The van der Waals surface area contributed by atoms with Crippen LogP contribution >= 0.6 is 0 Å². The molecule has 7 rings (SSSR count). The van der Waals surface area contributed by atoms with Crippen molar-refractivity contribution in [2.75, 3.05) is 32.9 Å². The van der Waals surface area contributed by atoms with Crippen molar-refractivity contribution in [3.63, 3.8) is 0 Å². The summed E-state index contributed by atoms with van der Waals surface area (Å²) in [6, 6.07) is 20.7. The van der Waals surface area contributed by atoms with Crippen LogP contribution in [0.2, 0.25) is 0 Å². The summed E-state index contributed by atoms with van der Waals surface area (Å²) in [7, 11) is 0. The number of carbonyl (C=O) groups excluding carboxylic acids is 3. The van der Waals surface area contributed by atoms with Crippen LogP contribution in [0.1, 0.15) is 167 Å². The van der Waals surface area contributed by atoms with E-state index >= 15 is 0 Å². The van der Waals surface area contributed by atoms with Gasteiger partial charge in [0.25, 0.3) is 11.7 Å². The van der Waals surface area contributed by atoms with E-state index in [0.717, 1.165) is 30.4 Å². The molecule has 3 atom stereocenters. The summed E-state index contributed by atoms with van der Waals surface area (Å²) in [5, 5.41) is 12.7. The van der Waals surface area contributed by atoms with E-state index in [9.17, 15) is 33.9 Å². The summed E-state index contributed by atoms with van der Waals surface area (Å²) < 4.78 is 56.2. The molecular formula is C62H88N4O17. The third-order valence-corrected chi connectivity index (χ3v) is 13.0. The first-order chi connectivity index (χ1) is 38.9. The third kappa shape index (κ3) is 20.2. The van der Waals surface area contributed by atoms with Gasteiger partial charge in [-0.3, -0.25) is 24.2 Å². The highest BCUT2D eigenvalue weighted by Gasteiger charge is 2.48. The topological polar surface area (TPSA) is 245 Å². The molecule has 83 heavy (non-hydrogen) atoms. The van der Waals surface area contributed by atoms with Crippen molar-refractivity contribution in [3.05, 3.63) is 127 Å². The average molecular weight is 1160 g/mol. The molecule has 2 aromatic heterocycles. The normalized spacial score (nSPS) is 18.3. The van der Waals surface area contributed by atoms with E-state index in [2.05, 4.69) is 19.2 Å². The lowest BCUT2D eigenvalue weighted by molar-refractivity contribution is -0.171. The van der Waals surface area contributed by atoms with Crippen molar-refractivity contribution in [1.29, 1.82) is 0 Å². The minimum Gasteiger partial charge on any atom is -0.481 e. The van der Waals surface area contributed by atoms with Crippen molar-refractivity contribution in [1.82, 2.24) is 20.0 Å². The number of amides is 3. The van der Waals surface area contributed by atoms with Crippen LogP contribution in [0.15, 0.2) is 91.2 Å². The molecular weight excluding hydrogens is 1070 g/mol. The summed E-state index contributed by atoms with van der Waals surface area (Å²) in [6.07, 6.45) is 1.99. The van der Waals surface area contributed by atoms with E-state index in [-0.39, 0.29) is 80.5 Å². The number of aryl methyl sites for hydroxylation is 1. The zero-order valence-electron chi connectivity index (χ0n) is 51.1. The maximum atomic E-state index is 13.9. The number of carbonyl (C=O) groups is 4. The molecule has 0 aliphatic carbocycles. The second-order valence-electron chi connectivity index (χ2n) is 23.9. The zero-order chi connectivity index (χ0) is 61.5. The molecule has 4 aromatic rings. The molecule has 2 aromatic carbocycles. The molecule has 3 fully saturated rings. The Morgan fingerprint density at radius 3 is 1.64 bits per heavy atom. The quantitative estimate of drug-likeness (QED) is 0.0940. The number of nitrogens with one attached hydrogen (secondary N) is 1. The van der Waals surface area contributed by atoms with Gasteiger partial charge >= 0.3 is 18.2 Å². The van der Waals surface area contributed by atoms with Crippen molar-refractivity contribution >= 4 is 24.1 Å². The molecule has 21 nitrogen and oxygen atoms in total. The first-order valence-electron chi connectivity index (χ1n) is 28.4. The Bertz CT molecular complexity index is 2870. The van der Waals surface area contributed by atoms with Gasteiger partial charge in [0.1, 0.15) is 54.0 Å². The molecule has 21 heteroatoms. The van der Waals surface area contributed by atoms with Crippen LogP contribution in [-0.4, -0.2) is 130 Å². The Hall–Kier alpha value is -6.78. The fourth-order valence-electron chi connectivity index (χ4n) is 9.01. The monoisotopic (exact) mass is 1160 g/mol. The van der Waals surface area contributed by atoms with Crippen molar-refractivity contribution < 1.29 is 71.0 Å². The Labute approximate surface area is 487 Å². The highest BCUT2D eigenvalue weighted by Crippen LogP contribution is 2.32. The molecule has 3 unspecified atom stereocenters. The van der Waals surface area contributed by atoms with E-state index < -0.39 is 63.3 Å². The zero-order valence-corrected chi connectivity index (χ0v) is 51.1. The molecule has 0 spiro atoms. The standard InChI is InChI=1S/C29H40N2O7.C19H20O7.C14H28N2O3/c1-9-22-15-23(32)24(35-17-20-13-11-10-12-14-20)25(37-22)26(33)30(19(2)3)16-21-18-36-29(7,8)31(21)27(34)38-28(4,5)6;20-15-10-14(12-24-16-8-4-5-9-23-16)26-18(19(21)22)17(15)25-11-13-6-2-1-3-7-13;1-10(2)15-8-11-9-18-14(6,7)16(11)12(17)19-13(3,4)5/h10-15,19,21H,9,16-18H2,1-8H3;1-3,6-7,10,16H,4-5,8-9,11-12H2,(H,21,22);10-11,15H,8-9H2,1-7H3. The van der Waals surface area contributed by atoms with Crippen molar-refractivity contribution in [3.8, 4) is 11.5 Å². The van der Waals surface area contributed by atoms with Gasteiger partial charge in [0.05, 0.1) is 25.3 Å². The molecule has 458 valence electrons. The lowest BCUT2D eigenvalue weighted by Gasteiger charge is -2.37. The second-order valence-corrected chi connectivity index (χ2v) is 23.9. The fraction of sp³-hybridized carbons (Fsp3) is 0.581. The first-order valence-corrected chi connectivity index (χ1v) is 28.4. The van der Waals surface area contributed by atoms with E-state index in [1.54, 1.807) is 44.4 Å². The summed E-state index contributed by atoms with van der Waals surface area (Å²) in [5.41, 5.74) is -2.05. The highest BCUT2D eigenvalue weighted by atomic mass is 16.7. The van der Waals surface area contributed by atoms with Gasteiger partial charge in [0.2, 0.25) is 28.1 Å². The predicted molar refractivity (Wildman–Crippen MR) is 309 cm³/mol. The van der Waals surface area contributed by atoms with Gasteiger partial charge in [-0.1, -0.05) is 81.4 Å². The molecule has 0 saturated carbocycles. The Kier molecular flexibility index (Phi) is 23.9. The van der Waals surface area contributed by atoms with Gasteiger partial charge in [-0.15, -0.1) is 0 Å². The number of carboxylic acid groups (broad SMARTS) is 1. The van der Waals surface area contributed by atoms with E-state index in [1.165, 1.54) is 17.0 Å².